The van der Waals surface area contributed by atoms with Crippen molar-refractivity contribution in [1.29, 1.82) is 0 Å². The molecule has 0 bridgehead atoms. The second kappa shape index (κ2) is 7.81. The third kappa shape index (κ3) is 4.88. The number of hydrogen-bond donors (Lipinski definition) is 1. The molecule has 0 aliphatic rings. The minimum absolute atomic E-state index is 0.154. The maximum atomic E-state index is 11.7. The fourth-order valence-electron chi connectivity index (χ4n) is 1.76. The molecule has 1 N–H and O–H groups in total. The third-order valence-corrected chi connectivity index (χ3v) is 3.53. The Bertz CT molecular complexity index is 622. The SMILES string of the molecule is O=C(CCc1ccccc1)N/N=C/c1c(Cl)cccc1Cl. The summed E-state index contributed by atoms with van der Waals surface area (Å²) in [6.45, 7) is 0. The summed E-state index contributed by atoms with van der Waals surface area (Å²) >= 11 is 12.0. The van der Waals surface area contributed by atoms with Gasteiger partial charge >= 0.3 is 0 Å². The Kier molecular flexibility index (Phi) is 5.78. The Morgan fingerprint density at radius 3 is 2.38 bits per heavy atom. The molecule has 3 nitrogen and oxygen atoms in total. The van der Waals surface area contributed by atoms with Crippen molar-refractivity contribution in [2.75, 3.05) is 0 Å². The van der Waals surface area contributed by atoms with Crippen LogP contribution in [0.3, 0.4) is 0 Å². The lowest BCUT2D eigenvalue weighted by atomic mass is 10.1. The second-order valence-electron chi connectivity index (χ2n) is 4.41. The highest BCUT2D eigenvalue weighted by molar-refractivity contribution is 6.38. The van der Waals surface area contributed by atoms with E-state index < -0.39 is 0 Å². The number of rotatable bonds is 5. The summed E-state index contributed by atoms with van der Waals surface area (Å²) in [5.41, 5.74) is 4.17. The molecule has 2 rings (SSSR count). The molecular formula is C16H14Cl2N2O. The number of nitrogens with zero attached hydrogens (tertiary/aromatic N) is 1. The molecule has 0 saturated carbocycles. The lowest BCUT2D eigenvalue weighted by molar-refractivity contribution is -0.121. The minimum Gasteiger partial charge on any atom is -0.273 e. The van der Waals surface area contributed by atoms with Gasteiger partial charge in [-0.15, -0.1) is 0 Å². The number of nitrogens with one attached hydrogen (secondary N) is 1. The quantitative estimate of drug-likeness (QED) is 0.654. The van der Waals surface area contributed by atoms with Gasteiger partial charge in [-0.1, -0.05) is 59.6 Å². The van der Waals surface area contributed by atoms with E-state index in [1.165, 1.54) is 6.21 Å². The molecular weight excluding hydrogens is 307 g/mol. The molecule has 0 aliphatic carbocycles. The van der Waals surface area contributed by atoms with E-state index >= 15 is 0 Å². The number of carbonyl (C=O) groups is 1. The van der Waals surface area contributed by atoms with Gasteiger partial charge in [0.1, 0.15) is 0 Å². The molecule has 0 saturated heterocycles. The van der Waals surface area contributed by atoms with Crippen LogP contribution in [0.5, 0.6) is 0 Å². The normalized spacial score (nSPS) is 10.8. The number of hydrazone groups is 1. The van der Waals surface area contributed by atoms with Crippen LogP contribution in [0.25, 0.3) is 0 Å². The van der Waals surface area contributed by atoms with Gasteiger partial charge in [-0.2, -0.15) is 5.10 Å². The number of benzene rings is 2. The molecule has 0 aromatic heterocycles. The molecule has 5 heteroatoms. The average molecular weight is 321 g/mol. The van der Waals surface area contributed by atoms with E-state index in [4.69, 9.17) is 23.2 Å². The molecule has 108 valence electrons. The fraction of sp³-hybridized carbons (Fsp3) is 0.125. The Morgan fingerprint density at radius 1 is 1.05 bits per heavy atom. The van der Waals surface area contributed by atoms with Crippen molar-refractivity contribution < 1.29 is 4.79 Å². The first-order valence-electron chi connectivity index (χ1n) is 6.46. The van der Waals surface area contributed by atoms with Crippen LogP contribution in [-0.2, 0) is 11.2 Å². The minimum atomic E-state index is -0.154. The first-order chi connectivity index (χ1) is 10.2. The zero-order valence-corrected chi connectivity index (χ0v) is 12.7. The smallest absolute Gasteiger partial charge is 0.240 e. The van der Waals surface area contributed by atoms with Gasteiger partial charge in [0.05, 0.1) is 16.3 Å². The monoisotopic (exact) mass is 320 g/mol. The van der Waals surface area contributed by atoms with E-state index in [1.807, 2.05) is 30.3 Å². The zero-order chi connectivity index (χ0) is 15.1. The summed E-state index contributed by atoms with van der Waals surface area (Å²) in [6, 6.07) is 15.0. The number of halogens is 2. The number of amides is 1. The molecule has 2 aromatic rings. The molecule has 0 unspecified atom stereocenters. The maximum Gasteiger partial charge on any atom is 0.240 e. The molecule has 0 aliphatic heterocycles. The molecule has 1 amide bonds. The highest BCUT2D eigenvalue weighted by Crippen LogP contribution is 2.21. The molecule has 0 radical (unpaired) electrons. The van der Waals surface area contributed by atoms with Gasteiger partial charge in [-0.05, 0) is 24.1 Å². The van der Waals surface area contributed by atoms with Crippen LogP contribution in [0.1, 0.15) is 17.5 Å². The maximum absolute atomic E-state index is 11.7. The van der Waals surface area contributed by atoms with Crippen LogP contribution in [0, 0.1) is 0 Å². The first-order valence-corrected chi connectivity index (χ1v) is 7.22. The number of carbonyl (C=O) groups excluding carboxylic acids is 1. The molecule has 0 atom stereocenters. The summed E-state index contributed by atoms with van der Waals surface area (Å²) in [6.07, 6.45) is 2.50. The van der Waals surface area contributed by atoms with Crippen molar-refractivity contribution in [1.82, 2.24) is 5.43 Å². The molecule has 21 heavy (non-hydrogen) atoms. The van der Waals surface area contributed by atoms with Crippen molar-refractivity contribution in [3.63, 3.8) is 0 Å². The summed E-state index contributed by atoms with van der Waals surface area (Å²) in [5.74, 6) is -0.154. The van der Waals surface area contributed by atoms with Gasteiger partial charge in [0.2, 0.25) is 5.91 Å². The van der Waals surface area contributed by atoms with Gasteiger partial charge in [0.15, 0.2) is 0 Å². The van der Waals surface area contributed by atoms with E-state index in [-0.39, 0.29) is 5.91 Å². The first kappa shape index (κ1) is 15.5. The van der Waals surface area contributed by atoms with Crippen molar-refractivity contribution in [2.24, 2.45) is 5.10 Å². The number of hydrogen-bond acceptors (Lipinski definition) is 2. The van der Waals surface area contributed by atoms with Crippen LogP contribution < -0.4 is 5.43 Å². The van der Waals surface area contributed by atoms with E-state index in [9.17, 15) is 4.79 Å². The second-order valence-corrected chi connectivity index (χ2v) is 5.23. The Labute approximate surface area is 133 Å². The molecule has 0 spiro atoms. The van der Waals surface area contributed by atoms with Gasteiger partial charge in [0, 0.05) is 12.0 Å². The summed E-state index contributed by atoms with van der Waals surface area (Å²) in [5, 5.41) is 4.86. The van der Waals surface area contributed by atoms with Crippen molar-refractivity contribution in [3.8, 4) is 0 Å². The zero-order valence-electron chi connectivity index (χ0n) is 11.2. The molecule has 0 heterocycles. The summed E-state index contributed by atoms with van der Waals surface area (Å²) in [7, 11) is 0. The van der Waals surface area contributed by atoms with Crippen molar-refractivity contribution >= 4 is 35.3 Å². The van der Waals surface area contributed by atoms with Crippen LogP contribution in [0.4, 0.5) is 0 Å². The predicted molar refractivity (Wildman–Crippen MR) is 87.0 cm³/mol. The van der Waals surface area contributed by atoms with E-state index in [0.29, 0.717) is 28.5 Å². The van der Waals surface area contributed by atoms with Crippen LogP contribution >= 0.6 is 23.2 Å². The number of aryl methyl sites for hydroxylation is 1. The van der Waals surface area contributed by atoms with Gasteiger partial charge in [0.25, 0.3) is 0 Å². The lowest BCUT2D eigenvalue weighted by Gasteiger charge is -2.02. The Hall–Kier alpha value is -1.84. The van der Waals surface area contributed by atoms with Gasteiger partial charge < -0.3 is 0 Å². The average Bonchev–Trinajstić information content (AvgIpc) is 2.49. The van der Waals surface area contributed by atoms with Crippen molar-refractivity contribution in [2.45, 2.75) is 12.8 Å². The van der Waals surface area contributed by atoms with Crippen molar-refractivity contribution in [3.05, 3.63) is 69.7 Å². The van der Waals surface area contributed by atoms with Gasteiger partial charge in [-0.3, -0.25) is 4.79 Å². The molecule has 2 aromatic carbocycles. The van der Waals surface area contributed by atoms with Crippen LogP contribution in [-0.4, -0.2) is 12.1 Å². The molecule has 0 fully saturated rings. The summed E-state index contributed by atoms with van der Waals surface area (Å²) in [4.78, 5) is 11.7. The predicted octanol–water partition coefficient (Wildman–Crippen LogP) is 4.08. The highest BCUT2D eigenvalue weighted by atomic mass is 35.5. The Balaban J connectivity index is 1.85. The fourth-order valence-corrected chi connectivity index (χ4v) is 2.26. The Morgan fingerprint density at radius 2 is 1.71 bits per heavy atom. The summed E-state index contributed by atoms with van der Waals surface area (Å²) < 4.78 is 0. The van der Waals surface area contributed by atoms with Crippen LogP contribution in [0.2, 0.25) is 10.0 Å². The van der Waals surface area contributed by atoms with E-state index in [0.717, 1.165) is 5.56 Å². The van der Waals surface area contributed by atoms with E-state index in [2.05, 4.69) is 10.5 Å². The third-order valence-electron chi connectivity index (χ3n) is 2.87. The van der Waals surface area contributed by atoms with Gasteiger partial charge in [-0.25, -0.2) is 5.43 Å². The lowest BCUT2D eigenvalue weighted by Crippen LogP contribution is -2.17. The standard InChI is InChI=1S/C16H14Cl2N2O/c17-14-7-4-8-15(18)13(14)11-19-20-16(21)10-9-12-5-2-1-3-6-12/h1-8,11H,9-10H2,(H,20,21)/b19-11+. The van der Waals surface area contributed by atoms with E-state index in [1.54, 1.807) is 18.2 Å². The topological polar surface area (TPSA) is 41.5 Å². The highest BCUT2D eigenvalue weighted by Gasteiger charge is 2.03. The van der Waals surface area contributed by atoms with Crippen LogP contribution in [0.15, 0.2) is 53.6 Å². The largest absolute Gasteiger partial charge is 0.273 e.